The van der Waals surface area contributed by atoms with Gasteiger partial charge in [-0.25, -0.2) is 0 Å². The lowest BCUT2D eigenvalue weighted by Crippen LogP contribution is -2.05. The summed E-state index contributed by atoms with van der Waals surface area (Å²) in [6.45, 7) is 0. The van der Waals surface area contributed by atoms with Gasteiger partial charge in [-0.2, -0.15) is 5.10 Å². The van der Waals surface area contributed by atoms with E-state index in [1.165, 1.54) is 11.3 Å². The molecule has 2 aromatic heterocycles. The highest BCUT2D eigenvalue weighted by atomic mass is 79.9. The first-order chi connectivity index (χ1) is 6.70. The average Bonchev–Trinajstić information content (AvgIpc) is 2.75. The molecule has 0 aliphatic rings. The van der Waals surface area contributed by atoms with E-state index in [1.54, 1.807) is 29.6 Å². The van der Waals surface area contributed by atoms with Crippen molar-refractivity contribution in [2.75, 3.05) is 0 Å². The molecule has 2 rings (SSSR count). The first-order valence-electron chi connectivity index (χ1n) is 3.94. The molecule has 4 nitrogen and oxygen atoms in total. The van der Waals surface area contributed by atoms with Gasteiger partial charge in [0.1, 0.15) is 6.10 Å². The molecule has 0 aliphatic carbocycles. The van der Waals surface area contributed by atoms with E-state index in [9.17, 15) is 5.11 Å². The van der Waals surface area contributed by atoms with Gasteiger partial charge in [-0.15, -0.1) is 11.3 Å². The van der Waals surface area contributed by atoms with Crippen LogP contribution in [0.3, 0.4) is 0 Å². The van der Waals surface area contributed by atoms with Crippen LogP contribution in [0.1, 0.15) is 16.7 Å². The molecule has 0 saturated carbocycles. The number of thiazole rings is 1. The molecule has 0 radical (unpaired) electrons. The predicted octanol–water partition coefficient (Wildman–Crippen LogP) is 1.72. The van der Waals surface area contributed by atoms with E-state index in [4.69, 9.17) is 0 Å². The van der Waals surface area contributed by atoms with E-state index >= 15 is 0 Å². The van der Waals surface area contributed by atoms with Gasteiger partial charge >= 0.3 is 0 Å². The Morgan fingerprint density at radius 3 is 2.86 bits per heavy atom. The van der Waals surface area contributed by atoms with Gasteiger partial charge < -0.3 is 5.11 Å². The number of aliphatic hydroxyl groups is 1. The number of hydrogen-bond acceptors (Lipinski definition) is 4. The standard InChI is InChI=1S/C8H8BrN3OS/c1-12-7(5(9)2-11-12)8(13)6-3-10-4-14-6/h2-4,8,13H,1H3. The third-order valence-electron chi connectivity index (χ3n) is 1.92. The molecule has 2 aromatic rings. The van der Waals surface area contributed by atoms with Crippen LogP contribution in [0.15, 0.2) is 22.4 Å². The van der Waals surface area contributed by atoms with Gasteiger partial charge in [-0.05, 0) is 15.9 Å². The number of rotatable bonds is 2. The number of aryl methyl sites for hydroxylation is 1. The van der Waals surface area contributed by atoms with Crippen LogP contribution in [0.4, 0.5) is 0 Å². The lowest BCUT2D eigenvalue weighted by molar-refractivity contribution is 0.212. The highest BCUT2D eigenvalue weighted by Crippen LogP contribution is 2.29. The second-order valence-corrected chi connectivity index (χ2v) is 4.58. The second kappa shape index (κ2) is 3.80. The molecule has 0 aromatic carbocycles. The molecular formula is C8H8BrN3OS. The monoisotopic (exact) mass is 273 g/mol. The summed E-state index contributed by atoms with van der Waals surface area (Å²) in [6.07, 6.45) is 2.67. The SMILES string of the molecule is Cn1ncc(Br)c1C(O)c1cncs1. The van der Waals surface area contributed by atoms with E-state index in [0.29, 0.717) is 0 Å². The highest BCUT2D eigenvalue weighted by Gasteiger charge is 2.18. The van der Waals surface area contributed by atoms with Crippen molar-refractivity contribution in [1.82, 2.24) is 14.8 Å². The van der Waals surface area contributed by atoms with Crippen molar-refractivity contribution < 1.29 is 5.11 Å². The minimum absolute atomic E-state index is 0.663. The van der Waals surface area contributed by atoms with Crippen molar-refractivity contribution in [2.45, 2.75) is 6.10 Å². The summed E-state index contributed by atoms with van der Waals surface area (Å²) in [4.78, 5) is 4.74. The Morgan fingerprint density at radius 1 is 1.57 bits per heavy atom. The zero-order valence-electron chi connectivity index (χ0n) is 7.38. The summed E-state index contributed by atoms with van der Waals surface area (Å²) in [5.41, 5.74) is 2.44. The first-order valence-corrected chi connectivity index (χ1v) is 5.61. The zero-order chi connectivity index (χ0) is 10.1. The van der Waals surface area contributed by atoms with Crippen LogP contribution in [-0.4, -0.2) is 19.9 Å². The minimum Gasteiger partial charge on any atom is -0.381 e. The lowest BCUT2D eigenvalue weighted by Gasteiger charge is -2.08. The highest BCUT2D eigenvalue weighted by molar-refractivity contribution is 9.10. The molecule has 0 aliphatic heterocycles. The molecular weight excluding hydrogens is 266 g/mol. The average molecular weight is 274 g/mol. The fourth-order valence-corrected chi connectivity index (χ4v) is 2.39. The van der Waals surface area contributed by atoms with Gasteiger partial charge in [0.25, 0.3) is 0 Å². The van der Waals surface area contributed by atoms with Crippen LogP contribution in [0.25, 0.3) is 0 Å². The topological polar surface area (TPSA) is 50.9 Å². The summed E-state index contributed by atoms with van der Waals surface area (Å²) >= 11 is 4.77. The normalized spacial score (nSPS) is 13.1. The smallest absolute Gasteiger partial charge is 0.132 e. The number of halogens is 1. The van der Waals surface area contributed by atoms with Gasteiger partial charge in [0.2, 0.25) is 0 Å². The van der Waals surface area contributed by atoms with E-state index in [0.717, 1.165) is 15.0 Å². The van der Waals surface area contributed by atoms with Crippen molar-refractivity contribution in [1.29, 1.82) is 0 Å². The van der Waals surface area contributed by atoms with Gasteiger partial charge in [0, 0.05) is 13.2 Å². The summed E-state index contributed by atoms with van der Waals surface area (Å²) in [7, 11) is 1.80. The summed E-state index contributed by atoms with van der Waals surface area (Å²) in [5, 5.41) is 14.1. The van der Waals surface area contributed by atoms with E-state index in [-0.39, 0.29) is 0 Å². The Morgan fingerprint density at radius 2 is 2.36 bits per heavy atom. The number of aromatic nitrogens is 3. The number of aliphatic hydroxyl groups excluding tert-OH is 1. The molecule has 1 unspecified atom stereocenters. The van der Waals surface area contributed by atoms with Crippen molar-refractivity contribution >= 4 is 27.3 Å². The van der Waals surface area contributed by atoms with Gasteiger partial charge in [-0.3, -0.25) is 9.67 Å². The van der Waals surface area contributed by atoms with Crippen molar-refractivity contribution in [3.8, 4) is 0 Å². The molecule has 74 valence electrons. The van der Waals surface area contributed by atoms with Crippen LogP contribution in [0, 0.1) is 0 Å². The molecule has 14 heavy (non-hydrogen) atoms. The molecule has 0 fully saturated rings. The summed E-state index contributed by atoms with van der Waals surface area (Å²) < 4.78 is 2.45. The molecule has 2 heterocycles. The molecule has 0 spiro atoms. The van der Waals surface area contributed by atoms with Crippen molar-refractivity contribution in [3.05, 3.63) is 32.9 Å². The summed E-state index contributed by atoms with van der Waals surface area (Å²) in [5.74, 6) is 0. The zero-order valence-corrected chi connectivity index (χ0v) is 9.79. The maximum Gasteiger partial charge on any atom is 0.132 e. The van der Waals surface area contributed by atoms with Crippen molar-refractivity contribution in [3.63, 3.8) is 0 Å². The lowest BCUT2D eigenvalue weighted by atomic mass is 10.2. The Balaban J connectivity index is 2.41. The Kier molecular flexibility index (Phi) is 2.66. The predicted molar refractivity (Wildman–Crippen MR) is 57.1 cm³/mol. The van der Waals surface area contributed by atoms with E-state index in [1.807, 2.05) is 0 Å². The molecule has 0 amide bonds. The molecule has 0 saturated heterocycles. The fraction of sp³-hybridized carbons (Fsp3) is 0.250. The third-order valence-corrected chi connectivity index (χ3v) is 3.36. The Hall–Kier alpha value is -0.720. The Labute approximate surface area is 93.3 Å². The van der Waals surface area contributed by atoms with Gasteiger partial charge in [-0.1, -0.05) is 0 Å². The van der Waals surface area contributed by atoms with E-state index in [2.05, 4.69) is 26.0 Å². The quantitative estimate of drug-likeness (QED) is 0.907. The van der Waals surface area contributed by atoms with Crippen LogP contribution in [0.2, 0.25) is 0 Å². The van der Waals surface area contributed by atoms with E-state index < -0.39 is 6.10 Å². The molecule has 1 atom stereocenters. The Bertz CT molecular complexity index is 406. The van der Waals surface area contributed by atoms with Crippen LogP contribution in [-0.2, 0) is 7.05 Å². The second-order valence-electron chi connectivity index (χ2n) is 2.81. The van der Waals surface area contributed by atoms with Crippen molar-refractivity contribution in [2.24, 2.45) is 7.05 Å². The third kappa shape index (κ3) is 1.60. The van der Waals surface area contributed by atoms with Gasteiger partial charge in [0.15, 0.2) is 0 Å². The number of nitrogens with zero attached hydrogens (tertiary/aromatic N) is 3. The van der Waals surface area contributed by atoms with Crippen LogP contribution < -0.4 is 0 Å². The molecule has 0 bridgehead atoms. The fourth-order valence-electron chi connectivity index (χ4n) is 1.22. The summed E-state index contributed by atoms with van der Waals surface area (Å²) in [6, 6.07) is 0. The largest absolute Gasteiger partial charge is 0.381 e. The maximum absolute atomic E-state index is 10.0. The minimum atomic E-state index is -0.663. The van der Waals surface area contributed by atoms with Crippen LogP contribution in [0.5, 0.6) is 0 Å². The maximum atomic E-state index is 10.0. The molecule has 6 heteroatoms. The first kappa shape index (κ1) is 9.82. The molecule has 1 N–H and O–H groups in total. The number of hydrogen-bond donors (Lipinski definition) is 1. The van der Waals surface area contributed by atoms with Gasteiger partial charge in [0.05, 0.1) is 26.8 Å². The van der Waals surface area contributed by atoms with Crippen LogP contribution >= 0.6 is 27.3 Å².